The van der Waals surface area contributed by atoms with E-state index in [1.54, 1.807) is 11.3 Å². The van der Waals surface area contributed by atoms with E-state index in [9.17, 15) is 0 Å². The zero-order valence-electron chi connectivity index (χ0n) is 9.00. The Morgan fingerprint density at radius 2 is 2.47 bits per heavy atom. The predicted octanol–water partition coefficient (Wildman–Crippen LogP) is 2.95. The molecule has 2 unspecified atom stereocenters. The number of alkyl halides is 1. The molecule has 0 saturated heterocycles. The molecule has 1 aromatic rings. The molecule has 0 aliphatic heterocycles. The second kappa shape index (κ2) is 5.28. The van der Waals surface area contributed by atoms with Crippen LogP contribution in [-0.2, 0) is 6.54 Å². The summed E-state index contributed by atoms with van der Waals surface area (Å²) < 4.78 is 0. The van der Waals surface area contributed by atoms with Crippen LogP contribution < -0.4 is 5.32 Å². The molecule has 1 saturated carbocycles. The van der Waals surface area contributed by atoms with Gasteiger partial charge in [-0.3, -0.25) is 0 Å². The number of aryl methyl sites for hydroxylation is 1. The van der Waals surface area contributed by atoms with Crippen molar-refractivity contribution in [1.82, 2.24) is 10.3 Å². The molecule has 1 heterocycles. The SMILES string of the molecule is Cc1nc(CNCC2CCC(Cl)C2)cs1. The van der Waals surface area contributed by atoms with Crippen molar-refractivity contribution >= 4 is 22.9 Å². The van der Waals surface area contributed by atoms with Crippen LogP contribution in [-0.4, -0.2) is 16.9 Å². The summed E-state index contributed by atoms with van der Waals surface area (Å²) in [6, 6.07) is 0. The van der Waals surface area contributed by atoms with Crippen LogP contribution in [0.15, 0.2) is 5.38 Å². The van der Waals surface area contributed by atoms with Gasteiger partial charge in [0.1, 0.15) is 0 Å². The van der Waals surface area contributed by atoms with Crippen LogP contribution in [0, 0.1) is 12.8 Å². The number of nitrogens with zero attached hydrogens (tertiary/aromatic N) is 1. The first-order valence-corrected chi connectivity index (χ1v) is 6.81. The summed E-state index contributed by atoms with van der Waals surface area (Å²) in [5.74, 6) is 0.771. The first kappa shape index (κ1) is 11.4. The lowest BCUT2D eigenvalue weighted by atomic mass is 10.1. The molecule has 0 radical (unpaired) electrons. The molecule has 15 heavy (non-hydrogen) atoms. The number of rotatable bonds is 4. The van der Waals surface area contributed by atoms with Gasteiger partial charge in [-0.25, -0.2) is 4.98 Å². The maximum absolute atomic E-state index is 6.07. The topological polar surface area (TPSA) is 24.9 Å². The number of nitrogens with one attached hydrogen (secondary N) is 1. The molecule has 2 rings (SSSR count). The Kier molecular flexibility index (Phi) is 4.00. The molecule has 1 N–H and O–H groups in total. The van der Waals surface area contributed by atoms with Crippen LogP contribution in [0.1, 0.15) is 30.0 Å². The van der Waals surface area contributed by atoms with Crippen LogP contribution in [0.4, 0.5) is 0 Å². The second-order valence-corrected chi connectivity index (χ2v) is 5.94. The molecule has 2 atom stereocenters. The van der Waals surface area contributed by atoms with Crippen molar-refractivity contribution in [1.29, 1.82) is 0 Å². The van der Waals surface area contributed by atoms with E-state index >= 15 is 0 Å². The molecule has 4 heteroatoms. The molecule has 1 aliphatic carbocycles. The van der Waals surface area contributed by atoms with Gasteiger partial charge in [-0.05, 0) is 38.6 Å². The number of hydrogen-bond donors (Lipinski definition) is 1. The normalized spacial score (nSPS) is 26.0. The van der Waals surface area contributed by atoms with E-state index in [1.165, 1.54) is 19.3 Å². The van der Waals surface area contributed by atoms with Gasteiger partial charge in [0.25, 0.3) is 0 Å². The monoisotopic (exact) mass is 244 g/mol. The average molecular weight is 245 g/mol. The zero-order valence-corrected chi connectivity index (χ0v) is 10.6. The third-order valence-corrected chi connectivity index (χ3v) is 4.10. The summed E-state index contributed by atoms with van der Waals surface area (Å²) in [6.07, 6.45) is 3.63. The van der Waals surface area contributed by atoms with Crippen LogP contribution in [0.3, 0.4) is 0 Å². The van der Waals surface area contributed by atoms with Gasteiger partial charge in [0.05, 0.1) is 10.7 Å². The first-order valence-electron chi connectivity index (χ1n) is 5.50. The molecule has 1 aliphatic rings. The van der Waals surface area contributed by atoms with Crippen LogP contribution in [0.25, 0.3) is 0 Å². The summed E-state index contributed by atoms with van der Waals surface area (Å²) in [6.45, 7) is 4.02. The third kappa shape index (κ3) is 3.44. The maximum Gasteiger partial charge on any atom is 0.0897 e. The number of aromatic nitrogens is 1. The van der Waals surface area contributed by atoms with E-state index in [2.05, 4.69) is 15.7 Å². The number of halogens is 1. The van der Waals surface area contributed by atoms with Crippen molar-refractivity contribution in [3.8, 4) is 0 Å². The smallest absolute Gasteiger partial charge is 0.0897 e. The lowest BCUT2D eigenvalue weighted by Crippen LogP contribution is -2.21. The fraction of sp³-hybridized carbons (Fsp3) is 0.727. The average Bonchev–Trinajstić information content (AvgIpc) is 2.76. The van der Waals surface area contributed by atoms with Gasteiger partial charge >= 0.3 is 0 Å². The molecule has 0 spiro atoms. The summed E-state index contributed by atoms with van der Waals surface area (Å²) >= 11 is 7.78. The van der Waals surface area contributed by atoms with E-state index in [1.807, 2.05) is 6.92 Å². The molecule has 0 bridgehead atoms. The van der Waals surface area contributed by atoms with Gasteiger partial charge in [-0.1, -0.05) is 0 Å². The Morgan fingerprint density at radius 3 is 3.07 bits per heavy atom. The highest BCUT2D eigenvalue weighted by atomic mass is 35.5. The van der Waals surface area contributed by atoms with Crippen molar-refractivity contribution in [3.05, 3.63) is 16.1 Å². The minimum atomic E-state index is 0.415. The van der Waals surface area contributed by atoms with E-state index in [4.69, 9.17) is 11.6 Å². The van der Waals surface area contributed by atoms with E-state index in [-0.39, 0.29) is 0 Å². The Balaban J connectivity index is 1.67. The lowest BCUT2D eigenvalue weighted by Gasteiger charge is -2.09. The molecule has 84 valence electrons. The molecular formula is C11H17ClN2S. The summed E-state index contributed by atoms with van der Waals surface area (Å²) in [7, 11) is 0. The predicted molar refractivity (Wildman–Crippen MR) is 65.5 cm³/mol. The van der Waals surface area contributed by atoms with Crippen molar-refractivity contribution in [2.24, 2.45) is 5.92 Å². The quantitative estimate of drug-likeness (QED) is 0.824. The molecule has 2 nitrogen and oxygen atoms in total. The summed E-state index contributed by atoms with van der Waals surface area (Å²) in [4.78, 5) is 4.42. The molecule has 1 aromatic heterocycles. The first-order chi connectivity index (χ1) is 7.24. The second-order valence-electron chi connectivity index (χ2n) is 4.27. The Labute approximate surface area is 100 Å². The van der Waals surface area contributed by atoms with Crippen LogP contribution in [0.2, 0.25) is 0 Å². The van der Waals surface area contributed by atoms with Gasteiger partial charge in [0, 0.05) is 17.3 Å². The highest BCUT2D eigenvalue weighted by Crippen LogP contribution is 2.28. The molecule has 0 amide bonds. The van der Waals surface area contributed by atoms with Crippen molar-refractivity contribution in [2.75, 3.05) is 6.54 Å². The number of hydrogen-bond acceptors (Lipinski definition) is 3. The Morgan fingerprint density at radius 1 is 1.60 bits per heavy atom. The van der Waals surface area contributed by atoms with E-state index < -0.39 is 0 Å². The van der Waals surface area contributed by atoms with E-state index in [0.717, 1.165) is 29.7 Å². The van der Waals surface area contributed by atoms with Gasteiger partial charge in [0.15, 0.2) is 0 Å². The van der Waals surface area contributed by atoms with Crippen molar-refractivity contribution in [3.63, 3.8) is 0 Å². The van der Waals surface area contributed by atoms with Crippen LogP contribution in [0.5, 0.6) is 0 Å². The largest absolute Gasteiger partial charge is 0.311 e. The van der Waals surface area contributed by atoms with E-state index in [0.29, 0.717) is 5.38 Å². The van der Waals surface area contributed by atoms with Gasteiger partial charge in [-0.15, -0.1) is 22.9 Å². The van der Waals surface area contributed by atoms with Crippen molar-refractivity contribution in [2.45, 2.75) is 38.1 Å². The number of thiazole rings is 1. The summed E-state index contributed by atoms with van der Waals surface area (Å²) in [5, 5.41) is 7.15. The molecule has 1 fully saturated rings. The zero-order chi connectivity index (χ0) is 10.7. The van der Waals surface area contributed by atoms with Gasteiger partial charge < -0.3 is 5.32 Å². The molecular weight excluding hydrogens is 228 g/mol. The standard InChI is InChI=1S/C11H17ClN2S/c1-8-14-11(7-15-8)6-13-5-9-2-3-10(12)4-9/h7,9-10,13H,2-6H2,1H3. The maximum atomic E-state index is 6.07. The Hall–Kier alpha value is -0.120. The fourth-order valence-corrected chi connectivity index (χ4v) is 3.08. The van der Waals surface area contributed by atoms with Gasteiger partial charge in [0.2, 0.25) is 0 Å². The fourth-order valence-electron chi connectivity index (χ4n) is 2.09. The minimum Gasteiger partial charge on any atom is -0.311 e. The summed E-state index contributed by atoms with van der Waals surface area (Å²) in [5.41, 5.74) is 1.16. The highest BCUT2D eigenvalue weighted by molar-refractivity contribution is 7.09. The minimum absolute atomic E-state index is 0.415. The van der Waals surface area contributed by atoms with Crippen LogP contribution >= 0.6 is 22.9 Å². The Bertz CT molecular complexity index is 313. The van der Waals surface area contributed by atoms with Gasteiger partial charge in [-0.2, -0.15) is 0 Å². The molecule has 0 aromatic carbocycles. The third-order valence-electron chi connectivity index (χ3n) is 2.88. The lowest BCUT2D eigenvalue weighted by molar-refractivity contribution is 0.488. The van der Waals surface area contributed by atoms with Crippen molar-refractivity contribution < 1.29 is 0 Å². The highest BCUT2D eigenvalue weighted by Gasteiger charge is 2.22.